The van der Waals surface area contributed by atoms with Crippen molar-refractivity contribution in [1.29, 1.82) is 0 Å². The molecule has 0 spiro atoms. The van der Waals surface area contributed by atoms with Gasteiger partial charge < -0.3 is 42.5 Å². The lowest BCUT2D eigenvalue weighted by molar-refractivity contribution is -0.132. The molecule has 15 aromatic rings. The van der Waals surface area contributed by atoms with Gasteiger partial charge in [-0.1, -0.05) is 66.8 Å². The fraction of sp³-hybridized carbons (Fsp3) is 0.163. The van der Waals surface area contributed by atoms with Crippen LogP contribution < -0.4 is 32.3 Å². The molecule has 0 saturated heterocycles. The predicted octanol–water partition coefficient (Wildman–Crippen LogP) is 16.2. The van der Waals surface area contributed by atoms with Crippen molar-refractivity contribution in [2.45, 2.75) is 76.4 Å². The van der Waals surface area contributed by atoms with Crippen LogP contribution in [0.2, 0.25) is 0 Å². The van der Waals surface area contributed by atoms with Crippen LogP contribution in [0.3, 0.4) is 0 Å². The average Bonchev–Trinajstić information content (AvgIpc) is 1.61. The summed E-state index contributed by atoms with van der Waals surface area (Å²) < 4.78 is 83.9. The summed E-state index contributed by atoms with van der Waals surface area (Å²) in [5.74, 6) is -6.25. The zero-order valence-corrected chi connectivity index (χ0v) is 66.9. The largest absolute Gasteiger partial charge is 0.392 e. The Bertz CT molecular complexity index is 6740. The fourth-order valence-electron chi connectivity index (χ4n) is 13.5. The number of nitrogens with zero attached hydrogens (tertiary/aromatic N) is 9. The summed E-state index contributed by atoms with van der Waals surface area (Å²) in [6.07, 6.45) is 36.4. The number of primary amides is 1. The van der Waals surface area contributed by atoms with Crippen LogP contribution in [-0.4, -0.2) is 128 Å². The minimum Gasteiger partial charge on any atom is -0.392 e. The fourth-order valence-corrected chi connectivity index (χ4v) is 13.5. The maximum Gasteiger partial charge on any atom is 0.256 e. The molecule has 6 amide bonds. The Morgan fingerprint density at radius 1 is 0.397 bits per heavy atom. The number of benzene rings is 6. The highest BCUT2D eigenvalue weighted by molar-refractivity contribution is 6.13. The zero-order chi connectivity index (χ0) is 88.2. The molecule has 4 aliphatic carbocycles. The third-order valence-corrected chi connectivity index (χ3v) is 21.1. The first-order valence-corrected chi connectivity index (χ1v) is 39.8. The molecule has 636 valence electrons. The van der Waals surface area contributed by atoms with Gasteiger partial charge in [-0.2, -0.15) is 25.5 Å². The topological polar surface area (TPSA) is 424 Å². The molecule has 6 aromatic carbocycles. The van der Waals surface area contributed by atoms with Crippen molar-refractivity contribution in [3.8, 4) is 0 Å². The molecule has 28 nitrogen and oxygen atoms in total. The Labute approximate surface area is 712 Å². The average molecular weight is 1710 g/mol. The number of amides is 6. The molecule has 0 radical (unpaired) electrons. The first-order valence-electron chi connectivity index (χ1n) is 39.8. The molecular weight excluding hydrogens is 1630 g/mol. The van der Waals surface area contributed by atoms with Crippen molar-refractivity contribution in [2.24, 2.45) is 23.0 Å². The summed E-state index contributed by atoms with van der Waals surface area (Å²) >= 11 is 0. The van der Waals surface area contributed by atoms with Gasteiger partial charge in [-0.15, -0.1) is 0 Å². The predicted molar refractivity (Wildman–Crippen MR) is 468 cm³/mol. The minimum atomic E-state index is -1.36. The summed E-state index contributed by atoms with van der Waals surface area (Å²) in [7, 11) is 0. The van der Waals surface area contributed by atoms with Gasteiger partial charge in [-0.3, -0.25) is 74.2 Å². The van der Waals surface area contributed by atoms with Crippen LogP contribution in [0.15, 0.2) is 183 Å². The smallest absolute Gasteiger partial charge is 0.256 e. The van der Waals surface area contributed by atoms with Crippen molar-refractivity contribution < 1.29 is 65.3 Å². The summed E-state index contributed by atoms with van der Waals surface area (Å²) in [6.45, 7) is 1.34. The van der Waals surface area contributed by atoms with E-state index in [1.807, 2.05) is 85.0 Å². The summed E-state index contributed by atoms with van der Waals surface area (Å²) in [6, 6.07) is 35.2. The first kappa shape index (κ1) is 85.3. The number of fused-ring (bicyclic) bond motifs is 5. The Balaban J connectivity index is 0.000000122. The van der Waals surface area contributed by atoms with Gasteiger partial charge in [0.15, 0.2) is 0 Å². The van der Waals surface area contributed by atoms with Gasteiger partial charge >= 0.3 is 0 Å². The van der Waals surface area contributed by atoms with Gasteiger partial charge in [0.2, 0.25) is 29.5 Å². The van der Waals surface area contributed by atoms with E-state index in [0.717, 1.165) is 57.9 Å². The van der Waals surface area contributed by atoms with Crippen LogP contribution in [-0.2, 0) is 28.8 Å². The van der Waals surface area contributed by atoms with Gasteiger partial charge in [-0.05, 0) is 183 Å². The Hall–Kier alpha value is -15.7. The van der Waals surface area contributed by atoms with Crippen LogP contribution in [0, 0.1) is 52.2 Å². The number of anilines is 5. The van der Waals surface area contributed by atoms with E-state index in [2.05, 4.69) is 97.5 Å². The van der Waals surface area contributed by atoms with Crippen molar-refractivity contribution in [3.05, 3.63) is 274 Å². The maximum atomic E-state index is 14.4. The molecule has 4 fully saturated rings. The zero-order valence-electron chi connectivity index (χ0n) is 66.9. The number of aliphatic hydroxyl groups excluding tert-OH is 1. The number of nitrogens with one attached hydrogen (secondary N) is 10. The summed E-state index contributed by atoms with van der Waals surface area (Å²) in [4.78, 5) is 87.3. The van der Waals surface area contributed by atoms with Gasteiger partial charge in [0.1, 0.15) is 45.9 Å². The number of pyridine rings is 4. The lowest BCUT2D eigenvalue weighted by Gasteiger charge is -2.14. The van der Waals surface area contributed by atoms with Gasteiger partial charge in [0.25, 0.3) is 5.91 Å². The molecule has 9 aromatic heterocycles. The van der Waals surface area contributed by atoms with Crippen LogP contribution >= 0.6 is 0 Å². The second-order valence-corrected chi connectivity index (χ2v) is 30.2. The van der Waals surface area contributed by atoms with E-state index in [-0.39, 0.29) is 57.9 Å². The second kappa shape index (κ2) is 37.7. The molecule has 9 heterocycles. The highest BCUT2D eigenvalue weighted by Gasteiger charge is 2.55. The molecule has 34 heteroatoms. The highest BCUT2D eigenvalue weighted by atomic mass is 19.1. The van der Waals surface area contributed by atoms with Crippen molar-refractivity contribution >= 4 is 179 Å². The number of aromatic amines is 5. The number of halogens is 6. The molecule has 4 aliphatic rings. The maximum absolute atomic E-state index is 14.4. The molecule has 0 aliphatic heterocycles. The number of carbonyl (C=O) groups excluding carboxylic acids is 6. The third-order valence-electron chi connectivity index (χ3n) is 21.1. The van der Waals surface area contributed by atoms with E-state index in [4.69, 9.17) is 5.73 Å². The van der Waals surface area contributed by atoms with Crippen molar-refractivity contribution in [1.82, 2.24) is 70.9 Å². The first-order chi connectivity index (χ1) is 60.9. The summed E-state index contributed by atoms with van der Waals surface area (Å²) in [5, 5.41) is 70.6. The third kappa shape index (κ3) is 20.7. The standard InChI is InChI=1S/C21H19F2N3O2.C19H16FN5O2.C18H15FN4O2.C18H15FN4O.C16H13FN4O/c22-13-7-4-12(5-8-13)6-9-17-15-10-19(16(23)11-18(15)26-25-17)24-21(28)14-2-1-3-20(14)27;20-13-9-15-12(8-16(13)23-18(27)19(5-6-19)17(21)26)14(24-25-15)4-3-11-2-1-7-22-10-11;19-13-9-15-12(8-16(13)21-17(24)18(25)5-6-18)14(22-23-15)4-3-11-2-1-7-20-10-11;19-14-9-16-13(8-17(14)21-18(24)12-4-5-12)15(22-23-16)6-3-11-2-1-7-20-10-11;1-10(22)19-16-7-12-14(20-21-15(12)8-13(16)17)5-4-11-3-2-6-18-9-11/h4-11,14,20,27H,1-3H2,(H,24,28)(H,25,26);1-4,7-10H,5-6H2,(H2,21,26)(H,23,27)(H,24,25);1-4,7-10,25H,5-6H2,(H,21,24)(H,22,23);1-3,6-10,12H,4-5H2,(H,21,24)(H,22,23);2-9H,1H3,(H,19,22)(H,20,21)/b9-6+;2*4-3+;6-3+;5-4+/t14-,20+;;;;/m1..../s1. The van der Waals surface area contributed by atoms with E-state index in [9.17, 15) is 65.3 Å². The number of hydrogen-bond donors (Lipinski definition) is 13. The number of carbonyl (C=O) groups is 6. The molecule has 0 bridgehead atoms. The van der Waals surface area contributed by atoms with Crippen molar-refractivity contribution in [3.63, 3.8) is 0 Å². The van der Waals surface area contributed by atoms with Crippen LogP contribution in [0.25, 0.3) is 115 Å². The van der Waals surface area contributed by atoms with E-state index >= 15 is 0 Å². The quantitative estimate of drug-likeness (QED) is 0.0249. The minimum absolute atomic E-state index is 0.0162. The molecule has 4 saturated carbocycles. The van der Waals surface area contributed by atoms with Gasteiger partial charge in [0.05, 0.1) is 96.5 Å². The lowest BCUT2D eigenvalue weighted by Crippen LogP contribution is -2.36. The van der Waals surface area contributed by atoms with Crippen LogP contribution in [0.4, 0.5) is 54.8 Å². The lowest BCUT2D eigenvalue weighted by atomic mass is 10.0. The second-order valence-electron chi connectivity index (χ2n) is 30.2. The monoisotopic (exact) mass is 1700 g/mol. The van der Waals surface area contributed by atoms with E-state index in [1.54, 1.807) is 98.1 Å². The Kier molecular flexibility index (Phi) is 25.5. The summed E-state index contributed by atoms with van der Waals surface area (Å²) in [5.41, 5.74) is 13.3. The van der Waals surface area contributed by atoms with Gasteiger partial charge in [0, 0.05) is 120 Å². The molecule has 14 N–H and O–H groups in total. The van der Waals surface area contributed by atoms with Crippen LogP contribution in [0.5, 0.6) is 0 Å². The Morgan fingerprint density at radius 3 is 1.02 bits per heavy atom. The number of H-pyrrole nitrogens is 5. The normalized spacial score (nSPS) is 15.4. The number of aromatic nitrogens is 14. The highest BCUT2D eigenvalue weighted by Crippen LogP contribution is 2.47. The Morgan fingerprint density at radius 2 is 0.722 bits per heavy atom. The van der Waals surface area contributed by atoms with E-state index < -0.39 is 69.8 Å². The SMILES string of the molecule is CC(=O)Nc1cc2c(/C=C/c3cccnc3)n[nH]c2cc1F.NC(=O)C1(C(=O)Nc2cc3c(/C=C/c4cccnc4)n[nH]c3cc2F)CC1.O=C(Nc1cc2c(/C=C/c3ccc(F)cc3)n[nH]c2cc1F)[C@@H]1CCC[C@@H]1O.O=C(Nc1cc2c(/C=C/c3cccnc3)n[nH]c2cc1F)C1(O)CC1.O=C(Nc1cc2c(/C=C/c3cccnc3)n[nH]c2cc1F)C1CC1. The number of aliphatic hydroxyl groups is 2. The van der Waals surface area contributed by atoms with Gasteiger partial charge in [-0.25, -0.2) is 26.3 Å². The molecular formula is C92H78F6N20O8. The van der Waals surface area contributed by atoms with E-state index in [0.29, 0.717) is 111 Å². The molecule has 2 atom stereocenters. The number of nitrogens with two attached hydrogens (primary N) is 1. The molecule has 126 heavy (non-hydrogen) atoms. The number of rotatable bonds is 20. The number of hydrogen-bond acceptors (Lipinski definition) is 17. The van der Waals surface area contributed by atoms with Crippen LogP contribution in [0.1, 0.15) is 121 Å². The molecule has 0 unspecified atom stereocenters. The van der Waals surface area contributed by atoms with Crippen molar-refractivity contribution in [2.75, 3.05) is 26.6 Å². The molecule has 19 rings (SSSR count). The van der Waals surface area contributed by atoms with E-state index in [1.165, 1.54) is 67.6 Å².